The van der Waals surface area contributed by atoms with Gasteiger partial charge in [-0.2, -0.15) is 12.6 Å². The number of carbonyl (C=O) groups excluding carboxylic acids is 1. The average molecular weight is 723 g/mol. The third-order valence-electron chi connectivity index (χ3n) is 9.65. The van der Waals surface area contributed by atoms with Crippen molar-refractivity contribution in [2.75, 3.05) is 38.0 Å². The number of anilines is 1. The Morgan fingerprint density at radius 3 is 2.17 bits per heavy atom. The molecule has 0 aliphatic carbocycles. The monoisotopic (exact) mass is 722 g/mol. The van der Waals surface area contributed by atoms with Crippen LogP contribution in [0.1, 0.15) is 91.2 Å². The minimum atomic E-state index is 0.141. The zero-order chi connectivity index (χ0) is 38.0. The van der Waals surface area contributed by atoms with Gasteiger partial charge in [0.1, 0.15) is 5.75 Å². The van der Waals surface area contributed by atoms with Gasteiger partial charge in [-0.15, -0.1) is 0 Å². The highest BCUT2D eigenvalue weighted by molar-refractivity contribution is 7.83. The summed E-state index contributed by atoms with van der Waals surface area (Å²) in [5.41, 5.74) is 8.37. The lowest BCUT2D eigenvalue weighted by molar-refractivity contribution is -0.132. The summed E-state index contributed by atoms with van der Waals surface area (Å²) in [5, 5.41) is 15.9. The molecule has 0 unspecified atom stereocenters. The summed E-state index contributed by atoms with van der Waals surface area (Å²) in [7, 11) is 0. The van der Waals surface area contributed by atoms with E-state index in [1.54, 1.807) is 11.5 Å². The first kappa shape index (κ1) is 42.2. The molecule has 4 rings (SSSR count). The lowest BCUT2D eigenvalue weighted by atomic mass is 9.98. The van der Waals surface area contributed by atoms with Crippen LogP contribution >= 0.6 is 12.6 Å². The smallest absolute Gasteiger partial charge is 0.222 e. The number of nitrogens with one attached hydrogen (secondary N) is 1. The molecule has 0 atom stereocenters. The molecule has 1 aliphatic heterocycles. The maximum atomic E-state index is 11.9. The summed E-state index contributed by atoms with van der Waals surface area (Å²) in [6, 6.07) is 24.6. The van der Waals surface area contributed by atoms with Gasteiger partial charge in [0, 0.05) is 60.3 Å². The van der Waals surface area contributed by atoms with Gasteiger partial charge in [-0.3, -0.25) is 4.79 Å². The molecule has 1 amide bonds. The highest BCUT2D eigenvalue weighted by Crippen LogP contribution is 2.34. The number of amides is 1. The van der Waals surface area contributed by atoms with Crippen molar-refractivity contribution in [3.8, 4) is 16.9 Å². The Hall–Kier alpha value is -4.20. The van der Waals surface area contributed by atoms with Gasteiger partial charge >= 0.3 is 0 Å². The van der Waals surface area contributed by atoms with Gasteiger partial charge in [-0.25, -0.2) is 0 Å². The molecule has 0 aromatic heterocycles. The Kier molecular flexibility index (Phi) is 17.9. The van der Waals surface area contributed by atoms with Crippen molar-refractivity contribution < 1.29 is 9.90 Å². The topological polar surface area (TPSA) is 59.1 Å². The average Bonchev–Trinajstić information content (AvgIpc) is 3.17. The second-order valence-electron chi connectivity index (χ2n) is 13.5. The van der Waals surface area contributed by atoms with Gasteiger partial charge in [0.25, 0.3) is 0 Å². The van der Waals surface area contributed by atoms with E-state index >= 15 is 0 Å². The highest BCUT2D eigenvalue weighted by atomic mass is 32.1. The van der Waals surface area contributed by atoms with Crippen LogP contribution in [0.15, 0.2) is 109 Å². The molecule has 0 bridgehead atoms. The molecule has 3 aromatic rings. The number of unbranched alkanes of at least 4 members (excludes halogenated alkanes) is 1. The molecule has 0 spiro atoms. The van der Waals surface area contributed by atoms with Gasteiger partial charge in [0.2, 0.25) is 5.91 Å². The number of aromatic hydroxyl groups is 1. The summed E-state index contributed by atoms with van der Waals surface area (Å²) >= 11 is 4.27. The van der Waals surface area contributed by atoms with Crippen molar-refractivity contribution in [1.29, 1.82) is 0 Å². The number of rotatable bonds is 16. The molecule has 1 saturated heterocycles. The molecule has 1 fully saturated rings. The van der Waals surface area contributed by atoms with Gasteiger partial charge in [0.05, 0.1) is 5.69 Å². The van der Waals surface area contributed by atoms with Gasteiger partial charge in [-0.1, -0.05) is 114 Å². The fourth-order valence-electron chi connectivity index (χ4n) is 6.75. The summed E-state index contributed by atoms with van der Waals surface area (Å²) in [6.07, 6.45) is 8.13. The molecular formula is C45H62N4O2S. The summed E-state index contributed by atoms with van der Waals surface area (Å²) in [6.45, 7) is 26.5. The van der Waals surface area contributed by atoms with E-state index in [0.717, 1.165) is 105 Å². The molecule has 52 heavy (non-hydrogen) atoms. The Balaban J connectivity index is 0.000000359. The predicted octanol–water partition coefficient (Wildman–Crippen LogP) is 11.1. The summed E-state index contributed by atoms with van der Waals surface area (Å²) in [5.74, 6) is 0.506. The minimum absolute atomic E-state index is 0.141. The third-order valence-corrected chi connectivity index (χ3v) is 9.80. The van der Waals surface area contributed by atoms with Crippen LogP contribution in [0.2, 0.25) is 0 Å². The number of likely N-dealkylation sites (tertiary alicyclic amines) is 1. The first-order valence-corrected chi connectivity index (χ1v) is 19.5. The maximum absolute atomic E-state index is 11.9. The summed E-state index contributed by atoms with van der Waals surface area (Å²) in [4.78, 5) is 18.6. The molecule has 0 radical (unpaired) electrons. The van der Waals surface area contributed by atoms with Gasteiger partial charge in [-0.05, 0) is 87.4 Å². The minimum Gasteiger partial charge on any atom is -0.506 e. The lowest BCUT2D eigenvalue weighted by Crippen LogP contribution is -2.46. The first-order chi connectivity index (χ1) is 25.1. The number of nitrogens with zero attached hydrogens (tertiary/aromatic N) is 3. The molecule has 1 aliphatic rings. The molecule has 0 saturated carbocycles. The van der Waals surface area contributed by atoms with E-state index in [2.05, 4.69) is 106 Å². The molecule has 280 valence electrons. The quantitative estimate of drug-likeness (QED) is 0.0781. The number of benzene rings is 3. The van der Waals surface area contributed by atoms with Crippen LogP contribution in [-0.4, -0.2) is 64.5 Å². The number of hydrogen-bond acceptors (Lipinski definition) is 6. The Morgan fingerprint density at radius 2 is 1.60 bits per heavy atom. The van der Waals surface area contributed by atoms with Crippen LogP contribution in [-0.2, 0) is 4.79 Å². The standard InChI is InChI=1S/C31H34N2OS.C14H28N2O/c1-6-19-33(30(18-20-35)22(2)3)24(5)26-16-17-29(31(34)21-26)32-23(4)27-14-10-11-15-28(27)25-12-8-7-9-13-25;1-4-7-8-14(17)16-11-9-13(10-12-16)15(5-2)6-3/h7-18,20-21,32,34-35H,4-6,19H2,1-3H3;13H,4-12H2,1-3H3/b20-18-;. The molecule has 7 heteroatoms. The lowest BCUT2D eigenvalue weighted by Gasteiger charge is -2.37. The Bertz CT molecular complexity index is 1650. The molecule has 6 nitrogen and oxygen atoms in total. The molecule has 1 heterocycles. The first-order valence-electron chi connectivity index (χ1n) is 19.0. The van der Waals surface area contributed by atoms with E-state index in [-0.39, 0.29) is 5.75 Å². The second-order valence-corrected chi connectivity index (χ2v) is 13.8. The highest BCUT2D eigenvalue weighted by Gasteiger charge is 2.25. The number of phenolic OH excluding ortho intramolecular Hbond substituents is 1. The number of thiol groups is 1. The van der Waals surface area contributed by atoms with Crippen molar-refractivity contribution in [1.82, 2.24) is 14.7 Å². The van der Waals surface area contributed by atoms with E-state index in [1.165, 1.54) is 5.57 Å². The van der Waals surface area contributed by atoms with Crippen molar-refractivity contribution in [3.05, 3.63) is 120 Å². The van der Waals surface area contributed by atoms with Gasteiger partial charge in [0.15, 0.2) is 0 Å². The number of allylic oxidation sites excluding steroid dienone is 2. The van der Waals surface area contributed by atoms with Gasteiger partial charge < -0.3 is 25.1 Å². The predicted molar refractivity (Wildman–Crippen MR) is 227 cm³/mol. The van der Waals surface area contributed by atoms with Crippen molar-refractivity contribution in [2.45, 2.75) is 86.1 Å². The second kappa shape index (κ2) is 22.0. The van der Waals surface area contributed by atoms with Crippen LogP contribution in [0.5, 0.6) is 5.75 Å². The number of carbonyl (C=O) groups is 1. The van der Waals surface area contributed by atoms with E-state index in [0.29, 0.717) is 23.3 Å². The fourth-order valence-corrected chi connectivity index (χ4v) is 6.89. The zero-order valence-corrected chi connectivity index (χ0v) is 33.4. The number of phenols is 1. The van der Waals surface area contributed by atoms with Crippen LogP contribution in [0, 0.1) is 0 Å². The van der Waals surface area contributed by atoms with Crippen molar-refractivity contribution in [3.63, 3.8) is 0 Å². The third kappa shape index (κ3) is 11.9. The Labute approximate surface area is 320 Å². The van der Waals surface area contributed by atoms with Crippen molar-refractivity contribution in [2.24, 2.45) is 0 Å². The molecule has 3 aromatic carbocycles. The molecular weight excluding hydrogens is 661 g/mol. The van der Waals surface area contributed by atoms with Crippen LogP contribution in [0.4, 0.5) is 5.69 Å². The largest absolute Gasteiger partial charge is 0.506 e. The Morgan fingerprint density at radius 1 is 0.942 bits per heavy atom. The van der Waals surface area contributed by atoms with Crippen LogP contribution in [0.3, 0.4) is 0 Å². The van der Waals surface area contributed by atoms with E-state index in [9.17, 15) is 9.90 Å². The maximum Gasteiger partial charge on any atom is 0.222 e. The fraction of sp³-hybridized carbons (Fsp3) is 0.400. The normalized spacial score (nSPS) is 13.0. The SMILES string of the molecule is C=C(Nc1ccc(C(=C)N(CCC)C(/C=C\S)=C(C)C)cc1O)c1ccccc1-c1ccccc1.CCCCC(=O)N1CCC(N(CC)CC)CC1. The van der Waals surface area contributed by atoms with Crippen molar-refractivity contribution >= 4 is 35.6 Å². The van der Waals surface area contributed by atoms with Crippen LogP contribution < -0.4 is 5.32 Å². The van der Waals surface area contributed by atoms with E-state index in [1.807, 2.05) is 54.6 Å². The van der Waals surface area contributed by atoms with E-state index < -0.39 is 0 Å². The number of piperidine rings is 1. The summed E-state index contributed by atoms with van der Waals surface area (Å²) < 4.78 is 0. The molecule has 2 N–H and O–H groups in total. The zero-order valence-electron chi connectivity index (χ0n) is 32.5. The number of hydrogen-bond donors (Lipinski definition) is 3. The van der Waals surface area contributed by atoms with E-state index in [4.69, 9.17) is 0 Å². The van der Waals surface area contributed by atoms with Crippen LogP contribution in [0.25, 0.3) is 22.5 Å².